The summed E-state index contributed by atoms with van der Waals surface area (Å²) in [5, 5.41) is 7.64. The minimum Gasteiger partial charge on any atom is -0.0622 e. The van der Waals surface area contributed by atoms with Gasteiger partial charge in [-0.15, -0.1) is 0 Å². The lowest BCUT2D eigenvalue weighted by Crippen LogP contribution is -1.93. The second-order valence-corrected chi connectivity index (χ2v) is 11.8. The summed E-state index contributed by atoms with van der Waals surface area (Å²) >= 11 is 0. The highest BCUT2D eigenvalue weighted by Crippen LogP contribution is 2.47. The summed E-state index contributed by atoms with van der Waals surface area (Å²) in [5.74, 6) is 0. The Balaban J connectivity index is 1.44. The molecule has 44 heavy (non-hydrogen) atoms. The molecule has 0 saturated heterocycles. The Bertz CT molecular complexity index is 2280. The molecule has 0 nitrogen and oxygen atoms in total. The Hall–Kier alpha value is -5.46. The van der Waals surface area contributed by atoms with Crippen LogP contribution in [0.4, 0.5) is 0 Å². The Morgan fingerprint density at radius 2 is 0.750 bits per heavy atom. The molecule has 0 aliphatic rings. The summed E-state index contributed by atoms with van der Waals surface area (Å²) in [6.45, 7) is 4.42. The molecule has 0 unspecified atom stereocenters. The van der Waals surface area contributed by atoms with E-state index in [1.165, 1.54) is 88.0 Å². The fourth-order valence-corrected chi connectivity index (χ4v) is 7.06. The van der Waals surface area contributed by atoms with Gasteiger partial charge in [0.05, 0.1) is 0 Å². The molecule has 0 aromatic heterocycles. The molecule has 8 rings (SSSR count). The monoisotopic (exact) mass is 560 g/mol. The molecule has 0 bridgehead atoms. The highest BCUT2D eigenvalue weighted by molar-refractivity contribution is 6.24. The Kier molecular flexibility index (Phi) is 6.35. The van der Waals surface area contributed by atoms with Crippen LogP contribution in [0.2, 0.25) is 0 Å². The van der Waals surface area contributed by atoms with Gasteiger partial charge in [0.2, 0.25) is 0 Å². The van der Waals surface area contributed by atoms with E-state index in [0.29, 0.717) is 0 Å². The summed E-state index contributed by atoms with van der Waals surface area (Å²) < 4.78 is 0. The fourth-order valence-electron chi connectivity index (χ4n) is 7.06. The maximum Gasteiger partial charge on any atom is -0.00201 e. The number of hydrogen-bond acceptors (Lipinski definition) is 0. The van der Waals surface area contributed by atoms with Gasteiger partial charge in [0.15, 0.2) is 0 Å². The van der Waals surface area contributed by atoms with E-state index in [1.807, 2.05) is 0 Å². The van der Waals surface area contributed by atoms with Gasteiger partial charge in [0, 0.05) is 0 Å². The molecule has 0 fully saturated rings. The zero-order valence-electron chi connectivity index (χ0n) is 25.0. The molecule has 0 aliphatic heterocycles. The molecule has 0 amide bonds. The SMILES string of the molecule is Cc1ccccc1-c1cc(-c2c3ccccc3c(-c3ccc(-c4ccccc4)c4ccccc34)c3ccccc23)ccc1C. The molecule has 0 spiro atoms. The zero-order chi connectivity index (χ0) is 29.6. The second kappa shape index (κ2) is 10.7. The van der Waals surface area contributed by atoms with Crippen LogP contribution < -0.4 is 0 Å². The van der Waals surface area contributed by atoms with Gasteiger partial charge in [0.1, 0.15) is 0 Å². The summed E-state index contributed by atoms with van der Waals surface area (Å²) in [6, 6.07) is 57.8. The third-order valence-electron chi connectivity index (χ3n) is 9.17. The van der Waals surface area contributed by atoms with Crippen LogP contribution in [0.15, 0.2) is 158 Å². The summed E-state index contributed by atoms with van der Waals surface area (Å²) in [7, 11) is 0. The van der Waals surface area contributed by atoms with E-state index in [1.54, 1.807) is 0 Å². The van der Waals surface area contributed by atoms with Crippen molar-refractivity contribution in [1.82, 2.24) is 0 Å². The smallest absolute Gasteiger partial charge is 0.00201 e. The molecular formula is C44H32. The Labute approximate surface area is 258 Å². The van der Waals surface area contributed by atoms with Gasteiger partial charge in [-0.1, -0.05) is 152 Å². The van der Waals surface area contributed by atoms with Crippen molar-refractivity contribution in [3.05, 3.63) is 169 Å². The lowest BCUT2D eigenvalue weighted by Gasteiger charge is -2.20. The van der Waals surface area contributed by atoms with Gasteiger partial charge in [-0.2, -0.15) is 0 Å². The lowest BCUT2D eigenvalue weighted by atomic mass is 9.83. The number of fused-ring (bicyclic) bond motifs is 3. The van der Waals surface area contributed by atoms with E-state index in [9.17, 15) is 0 Å². The van der Waals surface area contributed by atoms with Gasteiger partial charge in [-0.25, -0.2) is 0 Å². The van der Waals surface area contributed by atoms with Crippen molar-refractivity contribution in [2.75, 3.05) is 0 Å². The minimum absolute atomic E-state index is 1.24. The Morgan fingerprint density at radius 1 is 0.273 bits per heavy atom. The molecule has 0 saturated carbocycles. The first kappa shape index (κ1) is 26.2. The van der Waals surface area contributed by atoms with Gasteiger partial charge < -0.3 is 0 Å². The first-order chi connectivity index (χ1) is 21.7. The van der Waals surface area contributed by atoms with Crippen LogP contribution in [0.5, 0.6) is 0 Å². The van der Waals surface area contributed by atoms with Crippen molar-refractivity contribution in [1.29, 1.82) is 0 Å². The largest absolute Gasteiger partial charge is 0.0622 e. The standard InChI is InChI=1S/C44H32/c1-29-14-6-7-17-33(29)42-28-32(25-24-30(42)2)43-37-20-10-12-22-39(37)44(40-23-13-11-21-38(40)43)41-27-26-34(31-15-4-3-5-16-31)35-18-8-9-19-36(35)41/h3-28H,1-2H3. The maximum absolute atomic E-state index is 2.40. The third kappa shape index (κ3) is 4.22. The second-order valence-electron chi connectivity index (χ2n) is 11.8. The van der Waals surface area contributed by atoms with Crippen molar-refractivity contribution in [2.45, 2.75) is 13.8 Å². The van der Waals surface area contributed by atoms with Crippen LogP contribution in [-0.4, -0.2) is 0 Å². The van der Waals surface area contributed by atoms with Crippen molar-refractivity contribution >= 4 is 32.3 Å². The lowest BCUT2D eigenvalue weighted by molar-refractivity contribution is 1.41. The molecule has 0 heteroatoms. The summed E-state index contributed by atoms with van der Waals surface area (Å²) in [5.41, 5.74) is 12.8. The predicted molar refractivity (Wildman–Crippen MR) is 190 cm³/mol. The number of rotatable bonds is 4. The van der Waals surface area contributed by atoms with Gasteiger partial charge in [-0.05, 0) is 108 Å². The molecule has 0 radical (unpaired) electrons. The molecular weight excluding hydrogens is 528 g/mol. The number of hydrogen-bond donors (Lipinski definition) is 0. The van der Waals surface area contributed by atoms with E-state index in [0.717, 1.165) is 0 Å². The molecule has 0 aliphatic carbocycles. The highest BCUT2D eigenvalue weighted by Gasteiger charge is 2.19. The van der Waals surface area contributed by atoms with Gasteiger partial charge in [-0.3, -0.25) is 0 Å². The average molecular weight is 561 g/mol. The van der Waals surface area contributed by atoms with Crippen LogP contribution in [0.25, 0.3) is 76.8 Å². The van der Waals surface area contributed by atoms with Crippen molar-refractivity contribution in [3.63, 3.8) is 0 Å². The van der Waals surface area contributed by atoms with E-state index in [-0.39, 0.29) is 0 Å². The predicted octanol–water partition coefficient (Wildman–Crippen LogP) is 12.4. The first-order valence-electron chi connectivity index (χ1n) is 15.4. The number of aryl methyl sites for hydroxylation is 2. The summed E-state index contributed by atoms with van der Waals surface area (Å²) in [6.07, 6.45) is 0. The topological polar surface area (TPSA) is 0 Å². The third-order valence-corrected chi connectivity index (χ3v) is 9.17. The van der Waals surface area contributed by atoms with Crippen molar-refractivity contribution < 1.29 is 0 Å². The summed E-state index contributed by atoms with van der Waals surface area (Å²) in [4.78, 5) is 0. The molecule has 8 aromatic rings. The first-order valence-corrected chi connectivity index (χ1v) is 15.4. The zero-order valence-corrected chi connectivity index (χ0v) is 25.0. The Morgan fingerprint density at radius 3 is 1.39 bits per heavy atom. The van der Waals surface area contributed by atoms with Crippen LogP contribution >= 0.6 is 0 Å². The van der Waals surface area contributed by atoms with E-state index in [2.05, 4.69) is 172 Å². The normalized spacial score (nSPS) is 11.4. The molecule has 208 valence electrons. The van der Waals surface area contributed by atoms with Crippen molar-refractivity contribution in [2.24, 2.45) is 0 Å². The van der Waals surface area contributed by atoms with Crippen LogP contribution in [-0.2, 0) is 0 Å². The quantitative estimate of drug-likeness (QED) is 0.188. The molecule has 8 aromatic carbocycles. The minimum atomic E-state index is 1.24. The maximum atomic E-state index is 2.40. The van der Waals surface area contributed by atoms with Gasteiger partial charge >= 0.3 is 0 Å². The molecule has 0 N–H and O–H groups in total. The van der Waals surface area contributed by atoms with E-state index < -0.39 is 0 Å². The number of benzene rings is 8. The molecule has 0 heterocycles. The van der Waals surface area contributed by atoms with E-state index >= 15 is 0 Å². The fraction of sp³-hybridized carbons (Fsp3) is 0.0455. The van der Waals surface area contributed by atoms with Crippen LogP contribution in [0.3, 0.4) is 0 Å². The molecule has 0 atom stereocenters. The highest BCUT2D eigenvalue weighted by atomic mass is 14.2. The van der Waals surface area contributed by atoms with Gasteiger partial charge in [0.25, 0.3) is 0 Å². The van der Waals surface area contributed by atoms with Crippen LogP contribution in [0, 0.1) is 13.8 Å². The van der Waals surface area contributed by atoms with Crippen molar-refractivity contribution in [3.8, 4) is 44.5 Å². The average Bonchev–Trinajstić information content (AvgIpc) is 3.08. The van der Waals surface area contributed by atoms with Crippen LogP contribution in [0.1, 0.15) is 11.1 Å². The van der Waals surface area contributed by atoms with E-state index in [4.69, 9.17) is 0 Å².